The lowest BCUT2D eigenvalue weighted by molar-refractivity contribution is -0.384. The summed E-state index contributed by atoms with van der Waals surface area (Å²) in [7, 11) is 1.72. The highest BCUT2D eigenvalue weighted by Gasteiger charge is 2.10. The van der Waals surface area contributed by atoms with E-state index in [4.69, 9.17) is 4.74 Å². The molecule has 0 aromatic heterocycles. The van der Waals surface area contributed by atoms with Crippen molar-refractivity contribution in [1.82, 2.24) is 0 Å². The zero-order valence-corrected chi connectivity index (χ0v) is 9.75. The third-order valence-electron chi connectivity index (χ3n) is 2.17. The quantitative estimate of drug-likeness (QED) is 0.442. The summed E-state index contributed by atoms with van der Waals surface area (Å²) in [5.41, 5.74) is 0.752. The minimum atomic E-state index is -0.463. The molecular weight excluding hydrogens is 224 g/mol. The number of esters is 1. The third kappa shape index (κ3) is 3.75. The van der Waals surface area contributed by atoms with Gasteiger partial charge in [-0.3, -0.25) is 14.9 Å². The van der Waals surface area contributed by atoms with Gasteiger partial charge in [0.2, 0.25) is 0 Å². The number of nitro benzene ring substituents is 1. The highest BCUT2D eigenvalue weighted by atomic mass is 16.6. The lowest BCUT2D eigenvalue weighted by Crippen LogP contribution is -2.26. The molecule has 6 nitrogen and oxygen atoms in total. The Labute approximate surface area is 98.9 Å². The van der Waals surface area contributed by atoms with E-state index >= 15 is 0 Å². The zero-order chi connectivity index (χ0) is 12.8. The van der Waals surface area contributed by atoms with Crippen LogP contribution in [0.1, 0.15) is 6.92 Å². The van der Waals surface area contributed by atoms with Crippen LogP contribution in [0.2, 0.25) is 0 Å². The molecule has 0 unspecified atom stereocenters. The molecule has 0 amide bonds. The first-order valence-corrected chi connectivity index (χ1v) is 5.15. The van der Waals surface area contributed by atoms with E-state index in [9.17, 15) is 14.9 Å². The minimum Gasteiger partial charge on any atom is -0.465 e. The zero-order valence-electron chi connectivity index (χ0n) is 9.75. The van der Waals surface area contributed by atoms with Gasteiger partial charge >= 0.3 is 5.97 Å². The summed E-state index contributed by atoms with van der Waals surface area (Å²) in [6.07, 6.45) is 0. The van der Waals surface area contributed by atoms with E-state index in [1.165, 1.54) is 12.1 Å². The smallest absolute Gasteiger partial charge is 0.325 e. The van der Waals surface area contributed by atoms with Crippen molar-refractivity contribution in [1.29, 1.82) is 0 Å². The average molecular weight is 238 g/mol. The molecule has 1 aromatic rings. The molecule has 0 saturated heterocycles. The molecule has 17 heavy (non-hydrogen) atoms. The van der Waals surface area contributed by atoms with E-state index < -0.39 is 4.92 Å². The number of carbonyl (C=O) groups is 1. The standard InChI is InChI=1S/C11H14N2O4/c1-3-17-11(14)8-12(2)9-4-6-10(7-5-9)13(15)16/h4-7H,3,8H2,1-2H3. The van der Waals surface area contributed by atoms with Gasteiger partial charge in [-0.15, -0.1) is 0 Å². The van der Waals surface area contributed by atoms with Gasteiger partial charge in [0.05, 0.1) is 11.5 Å². The van der Waals surface area contributed by atoms with Gasteiger partial charge in [0, 0.05) is 24.9 Å². The fourth-order valence-electron chi connectivity index (χ4n) is 1.32. The Morgan fingerprint density at radius 3 is 2.47 bits per heavy atom. The SMILES string of the molecule is CCOC(=O)CN(C)c1ccc([N+](=O)[O-])cc1. The monoisotopic (exact) mass is 238 g/mol. The number of hydrogen-bond acceptors (Lipinski definition) is 5. The number of nitrogens with zero attached hydrogens (tertiary/aromatic N) is 2. The van der Waals surface area contributed by atoms with Gasteiger partial charge < -0.3 is 9.64 Å². The summed E-state index contributed by atoms with van der Waals surface area (Å²) in [5, 5.41) is 10.5. The average Bonchev–Trinajstić information content (AvgIpc) is 2.29. The first kappa shape index (κ1) is 13.0. The summed E-state index contributed by atoms with van der Waals surface area (Å²) in [6.45, 7) is 2.20. The lowest BCUT2D eigenvalue weighted by Gasteiger charge is -2.17. The van der Waals surface area contributed by atoms with Gasteiger partial charge in [-0.2, -0.15) is 0 Å². The first-order chi connectivity index (χ1) is 8.04. The van der Waals surface area contributed by atoms with Crippen molar-refractivity contribution >= 4 is 17.3 Å². The molecule has 0 fully saturated rings. The molecular formula is C11H14N2O4. The van der Waals surface area contributed by atoms with Crippen molar-refractivity contribution in [2.45, 2.75) is 6.92 Å². The van der Waals surface area contributed by atoms with Crippen LogP contribution in [0, 0.1) is 10.1 Å². The molecule has 0 spiro atoms. The van der Waals surface area contributed by atoms with Crippen LogP contribution in [0.3, 0.4) is 0 Å². The van der Waals surface area contributed by atoms with Crippen molar-refractivity contribution in [2.75, 3.05) is 25.1 Å². The summed E-state index contributed by atoms with van der Waals surface area (Å²) in [6, 6.07) is 5.99. The normalized spacial score (nSPS) is 9.76. The maximum absolute atomic E-state index is 11.2. The Balaban J connectivity index is 2.66. The number of benzene rings is 1. The third-order valence-corrected chi connectivity index (χ3v) is 2.17. The highest BCUT2D eigenvalue weighted by molar-refractivity contribution is 5.75. The number of nitro groups is 1. The number of non-ortho nitro benzene ring substituents is 1. The Bertz CT molecular complexity index is 402. The maximum Gasteiger partial charge on any atom is 0.325 e. The van der Waals surface area contributed by atoms with Crippen LogP contribution in [0.15, 0.2) is 24.3 Å². The molecule has 0 aliphatic rings. The number of hydrogen-bond donors (Lipinski definition) is 0. The highest BCUT2D eigenvalue weighted by Crippen LogP contribution is 2.18. The molecule has 0 radical (unpaired) electrons. The molecule has 0 saturated carbocycles. The Hall–Kier alpha value is -2.11. The van der Waals surface area contributed by atoms with Gasteiger partial charge in [0.25, 0.3) is 5.69 Å². The van der Waals surface area contributed by atoms with E-state index in [1.807, 2.05) is 0 Å². The molecule has 92 valence electrons. The second-order valence-electron chi connectivity index (χ2n) is 3.43. The van der Waals surface area contributed by atoms with Crippen LogP contribution < -0.4 is 4.90 Å². The minimum absolute atomic E-state index is 0.0262. The number of ether oxygens (including phenoxy) is 1. The summed E-state index contributed by atoms with van der Waals surface area (Å²) in [4.78, 5) is 22.9. The van der Waals surface area contributed by atoms with Crippen LogP contribution in [-0.4, -0.2) is 31.1 Å². The fourth-order valence-corrected chi connectivity index (χ4v) is 1.32. The van der Waals surface area contributed by atoms with Gasteiger partial charge in [-0.1, -0.05) is 0 Å². The molecule has 0 N–H and O–H groups in total. The molecule has 0 bridgehead atoms. The Morgan fingerprint density at radius 1 is 1.41 bits per heavy atom. The molecule has 0 atom stereocenters. The molecule has 1 rings (SSSR count). The van der Waals surface area contributed by atoms with Crippen LogP contribution >= 0.6 is 0 Å². The van der Waals surface area contributed by atoms with Gasteiger partial charge in [0.15, 0.2) is 0 Å². The molecule has 0 aliphatic carbocycles. The summed E-state index contributed by atoms with van der Waals surface area (Å²) in [5.74, 6) is -0.326. The van der Waals surface area contributed by atoms with Gasteiger partial charge in [-0.05, 0) is 19.1 Å². The fraction of sp³-hybridized carbons (Fsp3) is 0.364. The molecule has 0 heterocycles. The topological polar surface area (TPSA) is 72.7 Å². The van der Waals surface area contributed by atoms with E-state index in [0.717, 1.165) is 5.69 Å². The molecule has 6 heteroatoms. The maximum atomic E-state index is 11.2. The number of likely N-dealkylation sites (N-methyl/N-ethyl adjacent to an activating group) is 1. The molecule has 0 aliphatic heterocycles. The van der Waals surface area contributed by atoms with Gasteiger partial charge in [0.1, 0.15) is 6.54 Å². The Kier molecular flexibility index (Phi) is 4.45. The second kappa shape index (κ2) is 5.83. The van der Waals surface area contributed by atoms with Crippen molar-refractivity contribution in [3.8, 4) is 0 Å². The van der Waals surface area contributed by atoms with Crippen LogP contribution in [0.25, 0.3) is 0 Å². The van der Waals surface area contributed by atoms with Crippen molar-refractivity contribution in [3.63, 3.8) is 0 Å². The number of rotatable bonds is 5. The van der Waals surface area contributed by atoms with E-state index in [1.54, 1.807) is 31.0 Å². The molecule has 1 aromatic carbocycles. The largest absolute Gasteiger partial charge is 0.465 e. The van der Waals surface area contributed by atoms with Gasteiger partial charge in [-0.25, -0.2) is 0 Å². The second-order valence-corrected chi connectivity index (χ2v) is 3.43. The number of carbonyl (C=O) groups excluding carboxylic acids is 1. The predicted molar refractivity (Wildman–Crippen MR) is 63.0 cm³/mol. The van der Waals surface area contributed by atoms with E-state index in [0.29, 0.717) is 6.61 Å². The van der Waals surface area contributed by atoms with Crippen molar-refractivity contribution in [3.05, 3.63) is 34.4 Å². The van der Waals surface area contributed by atoms with Crippen molar-refractivity contribution in [2.24, 2.45) is 0 Å². The number of anilines is 1. The first-order valence-electron chi connectivity index (χ1n) is 5.15. The van der Waals surface area contributed by atoms with Crippen molar-refractivity contribution < 1.29 is 14.5 Å². The van der Waals surface area contributed by atoms with Crippen LogP contribution in [0.4, 0.5) is 11.4 Å². The Morgan fingerprint density at radius 2 is 2.00 bits per heavy atom. The van der Waals surface area contributed by atoms with Crippen LogP contribution in [0.5, 0.6) is 0 Å². The van der Waals surface area contributed by atoms with Crippen LogP contribution in [-0.2, 0) is 9.53 Å². The lowest BCUT2D eigenvalue weighted by atomic mass is 10.2. The van der Waals surface area contributed by atoms with E-state index in [2.05, 4.69) is 0 Å². The summed E-state index contributed by atoms with van der Waals surface area (Å²) < 4.78 is 4.81. The predicted octanol–water partition coefficient (Wildman–Crippen LogP) is 1.59. The summed E-state index contributed by atoms with van der Waals surface area (Å²) >= 11 is 0. The van der Waals surface area contributed by atoms with E-state index in [-0.39, 0.29) is 18.2 Å².